The highest BCUT2D eigenvalue weighted by Gasteiger charge is 2.18. The minimum atomic E-state index is -3.66. The molecule has 1 N–H and O–H groups in total. The number of anilines is 1. The molecule has 1 aromatic rings. The molecule has 0 spiro atoms. The maximum Gasteiger partial charge on any atom is 0.306 e. The highest BCUT2D eigenvalue weighted by atomic mass is 32.2. The van der Waals surface area contributed by atoms with Gasteiger partial charge < -0.3 is 4.74 Å². The number of hydrogen-bond acceptors (Lipinski definition) is 4. The normalized spacial score (nSPS) is 11.4. The van der Waals surface area contributed by atoms with Crippen LogP contribution in [0.4, 0.5) is 5.69 Å². The van der Waals surface area contributed by atoms with Gasteiger partial charge in [0, 0.05) is 19.3 Å². The van der Waals surface area contributed by atoms with Crippen LogP contribution >= 0.6 is 0 Å². The van der Waals surface area contributed by atoms with Gasteiger partial charge in [0.1, 0.15) is 0 Å². The van der Waals surface area contributed by atoms with Crippen molar-refractivity contribution >= 4 is 21.9 Å². The molecule has 0 radical (unpaired) electrons. The number of hydrogen-bond donors (Lipinski definition) is 1. The number of ether oxygens (including phenoxy) is 1. The standard InChI is InChI=1S/C13H20N2O4S/c1-4-11-5-7-12(8-6-11)14-20(17,18)15(2)10-9-13(16)19-3/h5-8,14H,4,9-10H2,1-3H3. The zero-order valence-electron chi connectivity index (χ0n) is 11.9. The summed E-state index contributed by atoms with van der Waals surface area (Å²) in [4.78, 5) is 11.0. The number of benzene rings is 1. The van der Waals surface area contributed by atoms with Crippen LogP contribution in [0.1, 0.15) is 18.9 Å². The Morgan fingerprint density at radius 2 is 1.90 bits per heavy atom. The third kappa shape index (κ3) is 4.82. The van der Waals surface area contributed by atoms with Gasteiger partial charge in [-0.15, -0.1) is 0 Å². The van der Waals surface area contributed by atoms with E-state index in [9.17, 15) is 13.2 Å². The van der Waals surface area contributed by atoms with Crippen LogP contribution in [0.25, 0.3) is 0 Å². The van der Waals surface area contributed by atoms with Crippen molar-refractivity contribution < 1.29 is 17.9 Å². The zero-order chi connectivity index (χ0) is 15.2. The number of carbonyl (C=O) groups is 1. The molecular weight excluding hydrogens is 280 g/mol. The molecule has 0 aromatic heterocycles. The first-order valence-corrected chi connectivity index (χ1v) is 7.73. The number of nitrogens with zero attached hydrogens (tertiary/aromatic N) is 1. The Morgan fingerprint density at radius 3 is 2.40 bits per heavy atom. The second-order valence-electron chi connectivity index (χ2n) is 4.31. The van der Waals surface area contributed by atoms with Gasteiger partial charge in [-0.25, -0.2) is 0 Å². The Hall–Kier alpha value is -1.60. The summed E-state index contributed by atoms with van der Waals surface area (Å²) < 4.78 is 32.1. The largest absolute Gasteiger partial charge is 0.469 e. The maximum absolute atomic E-state index is 12.0. The number of esters is 1. The minimum Gasteiger partial charge on any atom is -0.469 e. The Balaban J connectivity index is 2.65. The minimum absolute atomic E-state index is 0.0166. The number of nitrogens with one attached hydrogen (secondary N) is 1. The summed E-state index contributed by atoms with van der Waals surface area (Å²) in [6.45, 7) is 2.09. The average Bonchev–Trinajstić information content (AvgIpc) is 2.44. The lowest BCUT2D eigenvalue weighted by atomic mass is 10.2. The van der Waals surface area contributed by atoms with Crippen molar-refractivity contribution in [2.75, 3.05) is 25.4 Å². The number of methoxy groups -OCH3 is 1. The smallest absolute Gasteiger partial charge is 0.306 e. The third-order valence-electron chi connectivity index (χ3n) is 2.88. The van der Waals surface area contributed by atoms with E-state index in [4.69, 9.17) is 0 Å². The van der Waals surface area contributed by atoms with Crippen molar-refractivity contribution in [2.45, 2.75) is 19.8 Å². The lowest BCUT2D eigenvalue weighted by Crippen LogP contribution is -2.34. The molecule has 112 valence electrons. The number of aryl methyl sites for hydroxylation is 1. The average molecular weight is 300 g/mol. The van der Waals surface area contributed by atoms with Crippen LogP contribution in [0.15, 0.2) is 24.3 Å². The Morgan fingerprint density at radius 1 is 1.30 bits per heavy atom. The molecule has 0 bridgehead atoms. The lowest BCUT2D eigenvalue weighted by Gasteiger charge is -2.17. The summed E-state index contributed by atoms with van der Waals surface area (Å²) in [7, 11) is -0.985. The monoisotopic (exact) mass is 300 g/mol. The predicted molar refractivity (Wildman–Crippen MR) is 77.6 cm³/mol. The molecule has 0 amide bonds. The Bertz CT molecular complexity index is 540. The first-order valence-electron chi connectivity index (χ1n) is 6.29. The van der Waals surface area contributed by atoms with E-state index in [0.717, 1.165) is 16.3 Å². The quantitative estimate of drug-likeness (QED) is 0.772. The molecule has 0 heterocycles. The third-order valence-corrected chi connectivity index (χ3v) is 4.37. The van der Waals surface area contributed by atoms with E-state index >= 15 is 0 Å². The van der Waals surface area contributed by atoms with Gasteiger partial charge in [0.05, 0.1) is 13.5 Å². The topological polar surface area (TPSA) is 75.7 Å². The number of rotatable bonds is 7. The van der Waals surface area contributed by atoms with Gasteiger partial charge in [0.15, 0.2) is 0 Å². The van der Waals surface area contributed by atoms with Gasteiger partial charge in [0.25, 0.3) is 0 Å². The SMILES string of the molecule is CCc1ccc(NS(=O)(=O)N(C)CCC(=O)OC)cc1. The summed E-state index contributed by atoms with van der Waals surface area (Å²) in [6.07, 6.45) is 0.911. The first kappa shape index (κ1) is 16.5. The molecule has 1 rings (SSSR count). The van der Waals surface area contributed by atoms with Crippen molar-refractivity contribution in [3.05, 3.63) is 29.8 Å². The molecule has 7 heteroatoms. The van der Waals surface area contributed by atoms with Gasteiger partial charge in [0.2, 0.25) is 0 Å². The van der Waals surface area contributed by atoms with Crippen molar-refractivity contribution in [3.63, 3.8) is 0 Å². The molecule has 0 saturated heterocycles. The van der Waals surface area contributed by atoms with Gasteiger partial charge in [-0.3, -0.25) is 9.52 Å². The van der Waals surface area contributed by atoms with E-state index < -0.39 is 16.2 Å². The molecule has 0 aliphatic rings. The zero-order valence-corrected chi connectivity index (χ0v) is 12.7. The second kappa shape index (κ2) is 7.25. The fourth-order valence-corrected chi connectivity index (χ4v) is 2.43. The first-order chi connectivity index (χ1) is 9.39. The number of carbonyl (C=O) groups excluding carboxylic acids is 1. The summed E-state index contributed by atoms with van der Waals surface area (Å²) in [5.41, 5.74) is 1.62. The van der Waals surface area contributed by atoms with Crippen LogP contribution in [-0.2, 0) is 26.2 Å². The molecule has 1 aromatic carbocycles. The Kier molecular flexibility index (Phi) is 5.97. The van der Waals surface area contributed by atoms with E-state index in [0.29, 0.717) is 5.69 Å². The van der Waals surface area contributed by atoms with Crippen LogP contribution in [-0.4, -0.2) is 39.4 Å². The fraction of sp³-hybridized carbons (Fsp3) is 0.462. The van der Waals surface area contributed by atoms with E-state index in [2.05, 4.69) is 9.46 Å². The van der Waals surface area contributed by atoms with Crippen molar-refractivity contribution in [1.29, 1.82) is 0 Å². The van der Waals surface area contributed by atoms with E-state index in [1.807, 2.05) is 19.1 Å². The van der Waals surface area contributed by atoms with Gasteiger partial charge in [-0.1, -0.05) is 19.1 Å². The molecule has 0 saturated carbocycles. The predicted octanol–water partition coefficient (Wildman–Crippen LogP) is 1.40. The summed E-state index contributed by atoms with van der Waals surface area (Å²) in [5.74, 6) is -0.445. The molecule has 0 fully saturated rings. The molecule has 0 aliphatic carbocycles. The lowest BCUT2D eigenvalue weighted by molar-refractivity contribution is -0.140. The maximum atomic E-state index is 12.0. The van der Waals surface area contributed by atoms with Crippen molar-refractivity contribution in [3.8, 4) is 0 Å². The van der Waals surface area contributed by atoms with E-state index in [-0.39, 0.29) is 13.0 Å². The van der Waals surface area contributed by atoms with Gasteiger partial charge in [-0.2, -0.15) is 12.7 Å². The summed E-state index contributed by atoms with van der Waals surface area (Å²) in [6, 6.07) is 7.16. The molecule has 0 aliphatic heterocycles. The Labute approximate surface area is 119 Å². The fourth-order valence-electron chi connectivity index (χ4n) is 1.51. The molecule has 20 heavy (non-hydrogen) atoms. The van der Waals surface area contributed by atoms with E-state index in [1.54, 1.807) is 12.1 Å². The van der Waals surface area contributed by atoms with Crippen LogP contribution in [0, 0.1) is 0 Å². The van der Waals surface area contributed by atoms with Gasteiger partial charge in [-0.05, 0) is 24.1 Å². The van der Waals surface area contributed by atoms with Crippen LogP contribution < -0.4 is 4.72 Å². The highest BCUT2D eigenvalue weighted by molar-refractivity contribution is 7.90. The van der Waals surface area contributed by atoms with E-state index in [1.165, 1.54) is 14.2 Å². The summed E-state index contributed by atoms with van der Waals surface area (Å²) >= 11 is 0. The molecular formula is C13H20N2O4S. The summed E-state index contributed by atoms with van der Waals surface area (Å²) in [5, 5.41) is 0. The van der Waals surface area contributed by atoms with Crippen molar-refractivity contribution in [1.82, 2.24) is 4.31 Å². The van der Waals surface area contributed by atoms with Crippen LogP contribution in [0.2, 0.25) is 0 Å². The van der Waals surface area contributed by atoms with Crippen LogP contribution in [0.5, 0.6) is 0 Å². The van der Waals surface area contributed by atoms with Crippen molar-refractivity contribution in [2.24, 2.45) is 0 Å². The molecule has 0 atom stereocenters. The van der Waals surface area contributed by atoms with Crippen LogP contribution in [0.3, 0.4) is 0 Å². The molecule has 6 nitrogen and oxygen atoms in total. The van der Waals surface area contributed by atoms with Gasteiger partial charge >= 0.3 is 16.2 Å². The second-order valence-corrected chi connectivity index (χ2v) is 6.08. The highest BCUT2D eigenvalue weighted by Crippen LogP contribution is 2.13. The molecule has 0 unspecified atom stereocenters.